The van der Waals surface area contributed by atoms with Crippen molar-refractivity contribution in [1.82, 2.24) is 0 Å². The zero-order chi connectivity index (χ0) is 19.1. The van der Waals surface area contributed by atoms with Crippen molar-refractivity contribution >= 4 is 23.6 Å². The summed E-state index contributed by atoms with van der Waals surface area (Å²) in [5.74, 6) is -0.573. The monoisotopic (exact) mass is 349 g/mol. The minimum Gasteiger partial charge on any atom is -0.484 e. The van der Waals surface area contributed by atoms with Gasteiger partial charge in [0.15, 0.2) is 6.61 Å². The highest BCUT2D eigenvalue weighted by atomic mass is 16.5. The van der Waals surface area contributed by atoms with Gasteiger partial charge in [-0.1, -0.05) is 29.8 Å². The van der Waals surface area contributed by atoms with Crippen LogP contribution >= 0.6 is 0 Å². The molecule has 0 unspecified atom stereocenters. The standard InChI is InChI=1S/C20H19N3O3/c1-13-3-8-18(14(2)9-13)23-20(25)16(11-21)10-15-4-6-17(7-5-15)26-12-19(22)24/h3-10H,12H2,1-2H3,(H2,22,24)(H,23,25)/b16-10-. The molecule has 0 fully saturated rings. The van der Waals surface area contributed by atoms with Crippen LogP contribution in [0.4, 0.5) is 5.69 Å². The Morgan fingerprint density at radius 1 is 1.19 bits per heavy atom. The summed E-state index contributed by atoms with van der Waals surface area (Å²) in [7, 11) is 0. The van der Waals surface area contributed by atoms with Gasteiger partial charge in [0.05, 0.1) is 0 Å². The lowest BCUT2D eigenvalue weighted by atomic mass is 10.1. The molecule has 2 aromatic carbocycles. The Kier molecular flexibility index (Phi) is 6.12. The fourth-order valence-electron chi connectivity index (χ4n) is 2.27. The van der Waals surface area contributed by atoms with E-state index in [0.29, 0.717) is 17.0 Å². The Morgan fingerprint density at radius 3 is 2.46 bits per heavy atom. The molecule has 0 radical (unpaired) electrons. The van der Waals surface area contributed by atoms with E-state index in [-0.39, 0.29) is 12.2 Å². The van der Waals surface area contributed by atoms with Crippen molar-refractivity contribution in [3.05, 3.63) is 64.7 Å². The number of aryl methyl sites for hydroxylation is 2. The summed E-state index contributed by atoms with van der Waals surface area (Å²) < 4.78 is 5.16. The minimum absolute atomic E-state index is 0.0178. The summed E-state index contributed by atoms with van der Waals surface area (Å²) in [4.78, 5) is 23.1. The van der Waals surface area contributed by atoms with Crippen LogP contribution in [0.2, 0.25) is 0 Å². The number of nitrogens with two attached hydrogens (primary N) is 1. The SMILES string of the molecule is Cc1ccc(NC(=O)/C(C#N)=C\c2ccc(OCC(N)=O)cc2)c(C)c1. The lowest BCUT2D eigenvalue weighted by Crippen LogP contribution is -2.19. The number of nitrogens with one attached hydrogen (secondary N) is 1. The smallest absolute Gasteiger partial charge is 0.266 e. The molecule has 2 amide bonds. The van der Waals surface area contributed by atoms with Crippen LogP contribution in [0.15, 0.2) is 48.0 Å². The van der Waals surface area contributed by atoms with Crippen LogP contribution in [0, 0.1) is 25.2 Å². The number of nitriles is 1. The fourth-order valence-corrected chi connectivity index (χ4v) is 2.27. The van der Waals surface area contributed by atoms with Crippen molar-refractivity contribution in [1.29, 1.82) is 5.26 Å². The highest BCUT2D eigenvalue weighted by Gasteiger charge is 2.11. The Labute approximate surface area is 151 Å². The summed E-state index contributed by atoms with van der Waals surface area (Å²) in [5, 5.41) is 12.0. The Morgan fingerprint density at radius 2 is 1.88 bits per heavy atom. The number of nitrogens with zero attached hydrogens (tertiary/aromatic N) is 1. The van der Waals surface area contributed by atoms with Crippen LogP contribution < -0.4 is 15.8 Å². The van der Waals surface area contributed by atoms with Crippen LogP contribution in [-0.4, -0.2) is 18.4 Å². The molecule has 0 aliphatic heterocycles. The van der Waals surface area contributed by atoms with E-state index in [1.54, 1.807) is 24.3 Å². The van der Waals surface area contributed by atoms with Crippen LogP contribution in [0.25, 0.3) is 6.08 Å². The van der Waals surface area contributed by atoms with Gasteiger partial charge >= 0.3 is 0 Å². The van der Waals surface area contributed by atoms with E-state index in [1.807, 2.05) is 38.1 Å². The fraction of sp³-hybridized carbons (Fsp3) is 0.150. The number of hydrogen-bond donors (Lipinski definition) is 2. The third kappa shape index (κ3) is 5.21. The highest BCUT2D eigenvalue weighted by molar-refractivity contribution is 6.09. The van der Waals surface area contributed by atoms with E-state index in [2.05, 4.69) is 5.32 Å². The number of benzene rings is 2. The van der Waals surface area contributed by atoms with Crippen molar-refractivity contribution in [2.75, 3.05) is 11.9 Å². The second-order valence-electron chi connectivity index (χ2n) is 5.77. The Balaban J connectivity index is 2.12. The number of primary amides is 1. The van der Waals surface area contributed by atoms with E-state index in [1.165, 1.54) is 6.08 Å². The van der Waals surface area contributed by atoms with E-state index in [0.717, 1.165) is 11.1 Å². The molecule has 2 aromatic rings. The molecule has 0 heterocycles. The molecule has 0 saturated carbocycles. The van der Waals surface area contributed by atoms with Crippen LogP contribution in [0.1, 0.15) is 16.7 Å². The summed E-state index contributed by atoms with van der Waals surface area (Å²) in [6.45, 7) is 3.65. The van der Waals surface area contributed by atoms with Gasteiger partial charge in [0.2, 0.25) is 0 Å². The highest BCUT2D eigenvalue weighted by Crippen LogP contribution is 2.18. The molecular formula is C20H19N3O3. The number of ether oxygens (including phenoxy) is 1. The maximum Gasteiger partial charge on any atom is 0.266 e. The summed E-state index contributed by atoms with van der Waals surface area (Å²) in [6.07, 6.45) is 1.48. The predicted octanol–water partition coefficient (Wildman–Crippen LogP) is 2.71. The van der Waals surface area contributed by atoms with Gasteiger partial charge in [-0.3, -0.25) is 9.59 Å². The van der Waals surface area contributed by atoms with Gasteiger partial charge in [-0.15, -0.1) is 0 Å². The van der Waals surface area contributed by atoms with Crippen LogP contribution in [0.5, 0.6) is 5.75 Å². The Hall–Kier alpha value is -3.59. The van der Waals surface area contributed by atoms with Gasteiger partial charge in [-0.05, 0) is 49.2 Å². The molecule has 0 spiro atoms. The zero-order valence-electron chi connectivity index (χ0n) is 14.6. The number of amides is 2. The van der Waals surface area contributed by atoms with Gasteiger partial charge in [-0.2, -0.15) is 5.26 Å². The molecule has 3 N–H and O–H groups in total. The normalized spacial score (nSPS) is 10.7. The molecule has 0 aromatic heterocycles. The maximum absolute atomic E-state index is 12.4. The molecule has 6 nitrogen and oxygen atoms in total. The van der Waals surface area contributed by atoms with Crippen LogP contribution in [0.3, 0.4) is 0 Å². The lowest BCUT2D eigenvalue weighted by Gasteiger charge is -2.08. The number of carbonyl (C=O) groups is 2. The van der Waals surface area contributed by atoms with Gasteiger partial charge in [0, 0.05) is 5.69 Å². The quantitative estimate of drug-likeness (QED) is 0.618. The average molecular weight is 349 g/mol. The molecular weight excluding hydrogens is 330 g/mol. The number of anilines is 1. The second kappa shape index (κ2) is 8.49. The van der Waals surface area contributed by atoms with E-state index < -0.39 is 11.8 Å². The van der Waals surface area contributed by atoms with Crippen molar-refractivity contribution < 1.29 is 14.3 Å². The summed E-state index contributed by atoms with van der Waals surface area (Å²) in [5.41, 5.74) is 8.33. The number of hydrogen-bond acceptors (Lipinski definition) is 4. The van der Waals surface area contributed by atoms with Gasteiger partial charge in [0.1, 0.15) is 17.4 Å². The van der Waals surface area contributed by atoms with Crippen molar-refractivity contribution in [3.8, 4) is 11.8 Å². The largest absolute Gasteiger partial charge is 0.484 e. The topological polar surface area (TPSA) is 105 Å². The first kappa shape index (κ1) is 18.7. The van der Waals surface area contributed by atoms with Crippen LogP contribution in [-0.2, 0) is 9.59 Å². The first-order valence-corrected chi connectivity index (χ1v) is 7.90. The number of carbonyl (C=O) groups excluding carboxylic acids is 2. The van der Waals surface area contributed by atoms with Gasteiger partial charge in [-0.25, -0.2) is 0 Å². The van der Waals surface area contributed by atoms with E-state index in [9.17, 15) is 14.9 Å². The first-order valence-electron chi connectivity index (χ1n) is 7.90. The molecule has 0 saturated heterocycles. The summed E-state index contributed by atoms with van der Waals surface area (Å²) in [6, 6.07) is 14.2. The molecule has 2 rings (SSSR count). The van der Waals surface area contributed by atoms with Crippen molar-refractivity contribution in [2.45, 2.75) is 13.8 Å². The zero-order valence-corrected chi connectivity index (χ0v) is 14.6. The Bertz CT molecular complexity index is 894. The average Bonchev–Trinajstić information content (AvgIpc) is 2.61. The maximum atomic E-state index is 12.4. The first-order chi connectivity index (χ1) is 12.4. The minimum atomic E-state index is -0.566. The predicted molar refractivity (Wildman–Crippen MR) is 99.3 cm³/mol. The molecule has 0 aliphatic carbocycles. The van der Waals surface area contributed by atoms with Gasteiger partial charge in [0.25, 0.3) is 11.8 Å². The van der Waals surface area contributed by atoms with Crippen molar-refractivity contribution in [3.63, 3.8) is 0 Å². The van der Waals surface area contributed by atoms with E-state index >= 15 is 0 Å². The molecule has 0 atom stereocenters. The molecule has 132 valence electrons. The molecule has 6 heteroatoms. The molecule has 0 bridgehead atoms. The van der Waals surface area contributed by atoms with E-state index in [4.69, 9.17) is 10.5 Å². The molecule has 26 heavy (non-hydrogen) atoms. The second-order valence-corrected chi connectivity index (χ2v) is 5.77. The third-order valence-corrected chi connectivity index (χ3v) is 3.57. The third-order valence-electron chi connectivity index (χ3n) is 3.57. The summed E-state index contributed by atoms with van der Waals surface area (Å²) >= 11 is 0. The number of rotatable bonds is 6. The molecule has 0 aliphatic rings. The lowest BCUT2D eigenvalue weighted by molar-refractivity contribution is -0.120. The van der Waals surface area contributed by atoms with Gasteiger partial charge < -0.3 is 15.8 Å². The van der Waals surface area contributed by atoms with Crippen molar-refractivity contribution in [2.24, 2.45) is 5.73 Å².